The number of benzene rings is 1. The number of carbonyl (C=O) groups excluding carboxylic acids is 3. The third kappa shape index (κ3) is 5.15. The molecule has 13 heteroatoms. The number of anilines is 1. The van der Waals surface area contributed by atoms with E-state index in [9.17, 15) is 24.5 Å². The van der Waals surface area contributed by atoms with Crippen molar-refractivity contribution in [1.82, 2.24) is 9.78 Å². The standard InChI is InChI=1S/C20H19N5O7S/c1-3-31-20(28)15-11(2)16(17(21)26)33-19(15)22-18(27)12-8-9-24(23-12)10-32-14-7-5-4-6-13(14)25(29)30/h4-9H,3,10H2,1-2H3,(H2,21,26)(H,22,27). The van der Waals surface area contributed by atoms with E-state index in [1.54, 1.807) is 13.0 Å². The Balaban J connectivity index is 1.76. The van der Waals surface area contributed by atoms with Gasteiger partial charge in [-0.25, -0.2) is 9.48 Å². The lowest BCUT2D eigenvalue weighted by molar-refractivity contribution is -0.386. The van der Waals surface area contributed by atoms with Crippen LogP contribution in [0.25, 0.3) is 0 Å². The van der Waals surface area contributed by atoms with Crippen molar-refractivity contribution in [3.05, 3.63) is 68.3 Å². The minimum absolute atomic E-state index is 0.0114. The number of amides is 2. The summed E-state index contributed by atoms with van der Waals surface area (Å²) in [4.78, 5) is 47.3. The number of esters is 1. The first-order chi connectivity index (χ1) is 15.7. The monoisotopic (exact) mass is 473 g/mol. The Hall–Kier alpha value is -4.26. The highest BCUT2D eigenvalue weighted by molar-refractivity contribution is 7.18. The molecule has 3 aromatic rings. The summed E-state index contributed by atoms with van der Waals surface area (Å²) in [5.74, 6) is -2.03. The van der Waals surface area contributed by atoms with Gasteiger partial charge in [-0.1, -0.05) is 12.1 Å². The molecule has 0 atom stereocenters. The van der Waals surface area contributed by atoms with Crippen molar-refractivity contribution in [2.24, 2.45) is 5.73 Å². The number of nitro benzene ring substituents is 1. The summed E-state index contributed by atoms with van der Waals surface area (Å²) >= 11 is 0.860. The number of nitrogens with two attached hydrogens (primary N) is 1. The second-order valence-corrected chi connectivity index (χ2v) is 7.56. The normalized spacial score (nSPS) is 10.5. The van der Waals surface area contributed by atoms with Crippen molar-refractivity contribution >= 4 is 39.8 Å². The third-order valence-electron chi connectivity index (χ3n) is 4.36. The average molecular weight is 473 g/mol. The van der Waals surface area contributed by atoms with Crippen molar-refractivity contribution in [2.75, 3.05) is 11.9 Å². The topological polar surface area (TPSA) is 169 Å². The first-order valence-electron chi connectivity index (χ1n) is 9.54. The Labute approximate surface area is 191 Å². The van der Waals surface area contributed by atoms with Crippen LogP contribution < -0.4 is 15.8 Å². The highest BCUT2D eigenvalue weighted by Gasteiger charge is 2.26. The van der Waals surface area contributed by atoms with E-state index < -0.39 is 22.7 Å². The molecule has 172 valence electrons. The maximum absolute atomic E-state index is 12.7. The SMILES string of the molecule is CCOC(=O)c1c(NC(=O)c2ccn(COc3ccccc3[N+](=O)[O-])n2)sc(C(N)=O)c1C. The number of carbonyl (C=O) groups is 3. The molecule has 0 aliphatic carbocycles. The molecule has 0 radical (unpaired) electrons. The van der Waals surface area contributed by atoms with Gasteiger partial charge in [0, 0.05) is 12.3 Å². The largest absolute Gasteiger partial charge is 0.464 e. The lowest BCUT2D eigenvalue weighted by Gasteiger charge is -2.07. The summed E-state index contributed by atoms with van der Waals surface area (Å²) < 4.78 is 11.7. The molecule has 0 unspecified atom stereocenters. The number of nitrogens with one attached hydrogen (secondary N) is 1. The van der Waals surface area contributed by atoms with Crippen molar-refractivity contribution in [2.45, 2.75) is 20.6 Å². The van der Waals surface area contributed by atoms with Gasteiger partial charge in [-0.3, -0.25) is 19.7 Å². The first kappa shape index (κ1) is 23.4. The van der Waals surface area contributed by atoms with Crippen LogP contribution in [0.4, 0.5) is 10.7 Å². The van der Waals surface area contributed by atoms with Crippen molar-refractivity contribution in [1.29, 1.82) is 0 Å². The fourth-order valence-corrected chi connectivity index (χ4v) is 3.92. The van der Waals surface area contributed by atoms with Crippen LogP contribution in [0.5, 0.6) is 5.75 Å². The van der Waals surface area contributed by atoms with E-state index in [0.717, 1.165) is 11.3 Å². The maximum Gasteiger partial charge on any atom is 0.341 e. The van der Waals surface area contributed by atoms with Crippen LogP contribution in [0.1, 0.15) is 43.0 Å². The van der Waals surface area contributed by atoms with E-state index in [2.05, 4.69) is 10.4 Å². The van der Waals surface area contributed by atoms with E-state index in [1.807, 2.05) is 0 Å². The van der Waals surface area contributed by atoms with Crippen LogP contribution in [0.15, 0.2) is 36.5 Å². The number of primary amides is 1. The number of hydrogen-bond acceptors (Lipinski definition) is 9. The highest BCUT2D eigenvalue weighted by atomic mass is 32.1. The van der Waals surface area contributed by atoms with Crippen LogP contribution in [0.2, 0.25) is 0 Å². The van der Waals surface area contributed by atoms with E-state index >= 15 is 0 Å². The van der Waals surface area contributed by atoms with Crippen molar-refractivity contribution < 1.29 is 28.8 Å². The number of ether oxygens (including phenoxy) is 2. The van der Waals surface area contributed by atoms with Crippen LogP contribution in [0, 0.1) is 17.0 Å². The number of hydrogen-bond donors (Lipinski definition) is 2. The first-order valence-corrected chi connectivity index (χ1v) is 10.4. The molecule has 2 amide bonds. The van der Waals surface area contributed by atoms with Gasteiger partial charge in [-0.2, -0.15) is 5.10 Å². The van der Waals surface area contributed by atoms with Gasteiger partial charge in [0.15, 0.2) is 18.2 Å². The van der Waals surface area contributed by atoms with Crippen molar-refractivity contribution in [3.63, 3.8) is 0 Å². The smallest absolute Gasteiger partial charge is 0.341 e. The van der Waals surface area contributed by atoms with Crippen LogP contribution in [0.3, 0.4) is 0 Å². The number of aromatic nitrogens is 2. The Morgan fingerprint density at radius 2 is 2.00 bits per heavy atom. The Bertz CT molecular complexity index is 1230. The van der Waals surface area contributed by atoms with Gasteiger partial charge < -0.3 is 20.5 Å². The van der Waals surface area contributed by atoms with E-state index in [-0.39, 0.29) is 45.9 Å². The maximum atomic E-state index is 12.7. The molecule has 2 heterocycles. The number of para-hydroxylation sites is 2. The predicted octanol–water partition coefficient (Wildman–Crippen LogP) is 2.73. The fraction of sp³-hybridized carbons (Fsp3) is 0.200. The van der Waals surface area contributed by atoms with E-state index in [4.69, 9.17) is 15.2 Å². The third-order valence-corrected chi connectivity index (χ3v) is 5.59. The molecule has 0 saturated heterocycles. The summed E-state index contributed by atoms with van der Waals surface area (Å²) in [6.45, 7) is 3.09. The molecule has 33 heavy (non-hydrogen) atoms. The second kappa shape index (κ2) is 9.91. The van der Waals surface area contributed by atoms with Gasteiger partial charge in [0.2, 0.25) is 0 Å². The molecule has 0 bridgehead atoms. The van der Waals surface area contributed by atoms with Gasteiger partial charge >= 0.3 is 11.7 Å². The molecule has 0 aliphatic heterocycles. The molecule has 3 rings (SSSR count). The molecule has 3 N–H and O–H groups in total. The Morgan fingerprint density at radius 3 is 2.67 bits per heavy atom. The molecular weight excluding hydrogens is 454 g/mol. The molecular formula is C20H19N5O7S. The van der Waals surface area contributed by atoms with Gasteiger partial charge in [0.25, 0.3) is 11.8 Å². The molecule has 0 aliphatic rings. The number of rotatable bonds is 9. The van der Waals surface area contributed by atoms with Crippen LogP contribution >= 0.6 is 11.3 Å². The van der Waals surface area contributed by atoms with E-state index in [0.29, 0.717) is 5.56 Å². The van der Waals surface area contributed by atoms with Crippen LogP contribution in [-0.4, -0.2) is 39.1 Å². The number of nitro groups is 1. The summed E-state index contributed by atoms with van der Waals surface area (Å²) in [6.07, 6.45) is 1.45. The molecule has 12 nitrogen and oxygen atoms in total. The van der Waals surface area contributed by atoms with Gasteiger partial charge in [-0.05, 0) is 31.5 Å². The van der Waals surface area contributed by atoms with E-state index in [1.165, 1.54) is 42.1 Å². The van der Waals surface area contributed by atoms with Crippen LogP contribution in [-0.2, 0) is 11.5 Å². The zero-order chi connectivity index (χ0) is 24.1. The highest BCUT2D eigenvalue weighted by Crippen LogP contribution is 2.34. The van der Waals surface area contributed by atoms with Gasteiger partial charge in [0.1, 0.15) is 5.00 Å². The molecule has 1 aromatic carbocycles. The second-order valence-electron chi connectivity index (χ2n) is 6.54. The predicted molar refractivity (Wildman–Crippen MR) is 117 cm³/mol. The summed E-state index contributed by atoms with van der Waals surface area (Å²) in [7, 11) is 0. The molecule has 0 saturated carbocycles. The molecule has 0 spiro atoms. The minimum Gasteiger partial charge on any atom is -0.464 e. The zero-order valence-electron chi connectivity index (χ0n) is 17.6. The number of nitrogens with zero attached hydrogens (tertiary/aromatic N) is 3. The fourth-order valence-electron chi connectivity index (χ4n) is 2.87. The minimum atomic E-state index is -0.736. The number of thiophene rings is 1. The average Bonchev–Trinajstić information content (AvgIpc) is 3.37. The Morgan fingerprint density at radius 1 is 1.27 bits per heavy atom. The lowest BCUT2D eigenvalue weighted by Crippen LogP contribution is -2.16. The van der Waals surface area contributed by atoms with Gasteiger partial charge in [-0.15, -0.1) is 11.3 Å². The quantitative estimate of drug-likeness (QED) is 0.271. The van der Waals surface area contributed by atoms with Gasteiger partial charge in [0.05, 0.1) is 22.0 Å². The summed E-state index contributed by atoms with van der Waals surface area (Å²) in [5.41, 5.74) is 5.50. The molecule has 0 fully saturated rings. The summed E-state index contributed by atoms with van der Waals surface area (Å²) in [5, 5.41) is 17.8. The Kier molecular flexibility index (Phi) is 7.03. The zero-order valence-corrected chi connectivity index (χ0v) is 18.4. The van der Waals surface area contributed by atoms with Crippen molar-refractivity contribution in [3.8, 4) is 5.75 Å². The summed E-state index contributed by atoms with van der Waals surface area (Å²) in [6, 6.07) is 7.26. The molecule has 2 aromatic heterocycles. The lowest BCUT2D eigenvalue weighted by atomic mass is 10.1.